The van der Waals surface area contributed by atoms with E-state index in [4.69, 9.17) is 53.1 Å². The van der Waals surface area contributed by atoms with Gasteiger partial charge in [0.2, 0.25) is 0 Å². The van der Waals surface area contributed by atoms with Crippen molar-refractivity contribution in [2.45, 2.75) is 230 Å². The predicted molar refractivity (Wildman–Crippen MR) is 239 cm³/mol. The highest BCUT2D eigenvalue weighted by Crippen LogP contribution is 2.35. The van der Waals surface area contributed by atoms with E-state index >= 15 is 0 Å². The Kier molecular flexibility index (Phi) is 17.9. The predicted octanol–water partition coefficient (Wildman–Crippen LogP) is 3.23. The highest BCUT2D eigenvalue weighted by Gasteiger charge is 2.54. The lowest BCUT2D eigenvalue weighted by molar-refractivity contribution is -0.314. The molecule has 3 heterocycles. The largest absolute Gasteiger partial charge is 0.444 e. The minimum atomic E-state index is -1.77. The molecule has 22 nitrogen and oxygen atoms in total. The lowest BCUT2D eigenvalue weighted by Crippen LogP contribution is -2.70. The van der Waals surface area contributed by atoms with Crippen LogP contribution in [0, 0.1) is 0 Å². The van der Waals surface area contributed by atoms with Crippen molar-refractivity contribution in [3.63, 3.8) is 0 Å². The van der Waals surface area contributed by atoms with Gasteiger partial charge in [-0.2, -0.15) is 0 Å². The van der Waals surface area contributed by atoms with Gasteiger partial charge in [0.15, 0.2) is 18.4 Å². The minimum absolute atomic E-state index is 0.00275. The first-order chi connectivity index (χ1) is 30.4. The number of alkyl carbamates (subject to hydrolysis) is 2. The van der Waals surface area contributed by atoms with Gasteiger partial charge in [-0.15, -0.1) is 0 Å². The molecule has 3 aliphatic heterocycles. The van der Waals surface area contributed by atoms with Gasteiger partial charge in [0.05, 0.1) is 50.5 Å². The summed E-state index contributed by atoms with van der Waals surface area (Å²) in [6.45, 7) is 25.3. The second kappa shape index (κ2) is 21.4. The molecule has 1 saturated carbocycles. The summed E-state index contributed by atoms with van der Waals surface area (Å²) in [5.74, 6) is -0.862. The van der Waals surface area contributed by atoms with E-state index in [2.05, 4.69) is 10.6 Å². The molecule has 3 saturated heterocycles. The first kappa shape index (κ1) is 56.3. The van der Waals surface area contributed by atoms with Crippen LogP contribution in [0.4, 0.5) is 19.2 Å². The Bertz CT molecular complexity index is 1690. The number of rotatable bonds is 11. The maximum absolute atomic E-state index is 13.7. The van der Waals surface area contributed by atoms with Gasteiger partial charge in [-0.3, -0.25) is 0 Å². The van der Waals surface area contributed by atoms with E-state index in [0.29, 0.717) is 6.42 Å². The molecule has 0 aromatic carbocycles. The Morgan fingerprint density at radius 1 is 0.701 bits per heavy atom. The molecule has 0 spiro atoms. The number of hydrogen-bond donors (Lipinski definition) is 6. The zero-order chi connectivity index (χ0) is 50.8. The molecule has 7 N–H and O–H groups in total. The zero-order valence-electron chi connectivity index (χ0n) is 42.4. The van der Waals surface area contributed by atoms with Gasteiger partial charge in [0.25, 0.3) is 0 Å². The summed E-state index contributed by atoms with van der Waals surface area (Å²) < 4.78 is 59.6. The third kappa shape index (κ3) is 17.0. The van der Waals surface area contributed by atoms with E-state index in [9.17, 15) is 34.5 Å². The highest BCUT2D eigenvalue weighted by molar-refractivity contribution is 5.69. The van der Waals surface area contributed by atoms with Crippen molar-refractivity contribution in [1.29, 1.82) is 0 Å². The maximum atomic E-state index is 13.7. The molecule has 388 valence electrons. The second-order valence-electron chi connectivity index (χ2n) is 22.7. The molecule has 4 rings (SSSR count). The van der Waals surface area contributed by atoms with Crippen molar-refractivity contribution in [2.24, 2.45) is 5.73 Å². The van der Waals surface area contributed by atoms with Crippen molar-refractivity contribution in [2.75, 3.05) is 33.4 Å². The Morgan fingerprint density at radius 3 is 1.73 bits per heavy atom. The lowest BCUT2D eigenvalue weighted by Gasteiger charge is -2.50. The Balaban J connectivity index is 1.68. The highest BCUT2D eigenvalue weighted by atomic mass is 16.7. The SMILES string of the molecule is CN(C(=O)OC(C)(C)C)[C@@H]1C(O)[C@@H](OC2C(O)C(O[C@H]3O[C@H](CN(C[C@@H]4COC(C)(C)O4)C(=O)OC(C)(C)C)CCC3NC(=O)OC(C)(C)C)[C@@H](NC(=O)OC(C)(C)C)C[C@H]2N)OCC1(C)O. The normalized spacial score (nSPS) is 33.8. The molecule has 4 aliphatic rings. The third-order valence-corrected chi connectivity index (χ3v) is 10.9. The number of nitrogens with one attached hydrogen (secondary N) is 2. The summed E-state index contributed by atoms with van der Waals surface area (Å²) in [5, 5.41) is 41.0. The summed E-state index contributed by atoms with van der Waals surface area (Å²) in [4.78, 5) is 56.0. The first-order valence-corrected chi connectivity index (χ1v) is 23.1. The number of carbonyl (C=O) groups is 4. The van der Waals surface area contributed by atoms with Gasteiger partial charge in [-0.1, -0.05) is 0 Å². The smallest absolute Gasteiger partial charge is 0.410 e. The average Bonchev–Trinajstić information content (AvgIpc) is 3.47. The van der Waals surface area contributed by atoms with Gasteiger partial charge in [0.1, 0.15) is 58.5 Å². The van der Waals surface area contributed by atoms with Crippen LogP contribution in [0.3, 0.4) is 0 Å². The topological polar surface area (TPSA) is 278 Å². The fourth-order valence-corrected chi connectivity index (χ4v) is 8.28. The van der Waals surface area contributed by atoms with Crippen LogP contribution in [0.2, 0.25) is 0 Å². The molecule has 0 bridgehead atoms. The first-order valence-electron chi connectivity index (χ1n) is 23.1. The molecular weight excluding hydrogens is 883 g/mol. The van der Waals surface area contributed by atoms with Crippen LogP contribution in [-0.4, -0.2) is 190 Å². The van der Waals surface area contributed by atoms with Crippen molar-refractivity contribution in [1.82, 2.24) is 20.4 Å². The molecule has 0 aromatic rings. The number of nitrogens with zero attached hydrogens (tertiary/aromatic N) is 2. The van der Waals surface area contributed by atoms with Crippen LogP contribution >= 0.6 is 0 Å². The summed E-state index contributed by atoms with van der Waals surface area (Å²) in [6, 6.07) is -4.30. The molecule has 4 fully saturated rings. The number of nitrogens with two attached hydrogens (primary N) is 1. The van der Waals surface area contributed by atoms with E-state index in [1.165, 1.54) is 18.9 Å². The number of likely N-dealkylation sites (N-methyl/N-ethyl adjacent to an activating group) is 1. The summed E-state index contributed by atoms with van der Waals surface area (Å²) in [6.07, 6.45) is -12.9. The standard InChI is InChI=1S/C45H81N5O17/c1-40(2,3)64-36(53)47-27-18-17-24(20-50(39(56)67-43(10,11)12)21-25-22-59-44(13,14)63-25)60-34(27)62-32-28(48-37(54)65-41(4,5)6)19-26(46)31(29(32)51)61-35-30(52)33(45(15,57)23-58-35)49(16)38(55)66-42(7,8)9/h24-35,51-52,57H,17-23,46H2,1-16H3,(H,47,53)(H,48,54)/t24-,25+,26+,27?,28-,29?,30?,31?,32?,33+,34+,35+,45?/m0/s1. The third-order valence-electron chi connectivity index (χ3n) is 10.9. The summed E-state index contributed by atoms with van der Waals surface area (Å²) in [5.41, 5.74) is 1.42. The molecule has 67 heavy (non-hydrogen) atoms. The number of hydrogen-bond acceptors (Lipinski definition) is 18. The summed E-state index contributed by atoms with van der Waals surface area (Å²) in [7, 11) is 1.36. The van der Waals surface area contributed by atoms with Crippen LogP contribution < -0.4 is 16.4 Å². The molecule has 0 aromatic heterocycles. The number of ether oxygens (including phenoxy) is 10. The van der Waals surface area contributed by atoms with E-state index in [-0.39, 0.29) is 32.5 Å². The number of aliphatic hydroxyl groups is 3. The molecule has 22 heteroatoms. The van der Waals surface area contributed by atoms with Crippen LogP contribution in [0.15, 0.2) is 0 Å². The minimum Gasteiger partial charge on any atom is -0.444 e. The van der Waals surface area contributed by atoms with Crippen LogP contribution in [0.1, 0.15) is 123 Å². The van der Waals surface area contributed by atoms with E-state index in [1.807, 2.05) is 0 Å². The fourth-order valence-electron chi connectivity index (χ4n) is 8.28. The molecular formula is C45H81N5O17. The van der Waals surface area contributed by atoms with E-state index in [0.717, 1.165) is 4.90 Å². The van der Waals surface area contributed by atoms with Crippen molar-refractivity contribution in [3.8, 4) is 0 Å². The number of carbonyl (C=O) groups excluding carboxylic acids is 4. The maximum Gasteiger partial charge on any atom is 0.410 e. The molecule has 0 radical (unpaired) electrons. The molecule has 4 amide bonds. The monoisotopic (exact) mass is 964 g/mol. The van der Waals surface area contributed by atoms with Gasteiger partial charge in [-0.05, 0) is 123 Å². The quantitative estimate of drug-likeness (QED) is 0.162. The summed E-state index contributed by atoms with van der Waals surface area (Å²) >= 11 is 0. The zero-order valence-corrected chi connectivity index (χ0v) is 42.4. The molecule has 1 aliphatic carbocycles. The van der Waals surface area contributed by atoms with Crippen molar-refractivity contribution < 1.29 is 81.9 Å². The number of amides is 4. The van der Waals surface area contributed by atoms with Gasteiger partial charge < -0.3 is 88.9 Å². The van der Waals surface area contributed by atoms with Crippen LogP contribution in [0.25, 0.3) is 0 Å². The Hall–Kier alpha value is -3.32. The van der Waals surface area contributed by atoms with Gasteiger partial charge >= 0.3 is 24.4 Å². The number of aliphatic hydroxyl groups excluding tert-OH is 2. The lowest BCUT2D eigenvalue weighted by atomic mass is 9.83. The molecule has 13 atom stereocenters. The Morgan fingerprint density at radius 2 is 1.21 bits per heavy atom. The van der Waals surface area contributed by atoms with E-state index < -0.39 is 138 Å². The second-order valence-corrected chi connectivity index (χ2v) is 22.7. The van der Waals surface area contributed by atoms with Crippen LogP contribution in [-0.2, 0) is 47.4 Å². The van der Waals surface area contributed by atoms with Gasteiger partial charge in [-0.25, -0.2) is 19.2 Å². The Labute approximate surface area is 395 Å². The van der Waals surface area contributed by atoms with Crippen LogP contribution in [0.5, 0.6) is 0 Å². The van der Waals surface area contributed by atoms with E-state index in [1.54, 1.807) is 96.9 Å². The van der Waals surface area contributed by atoms with Crippen molar-refractivity contribution >= 4 is 24.4 Å². The molecule has 6 unspecified atom stereocenters. The van der Waals surface area contributed by atoms with Crippen molar-refractivity contribution in [3.05, 3.63) is 0 Å². The average molecular weight is 964 g/mol. The fraction of sp³-hybridized carbons (Fsp3) is 0.911. The van der Waals surface area contributed by atoms with Gasteiger partial charge in [0, 0.05) is 13.1 Å².